The van der Waals surface area contributed by atoms with Crippen LogP contribution in [0.15, 0.2) is 59.8 Å². The van der Waals surface area contributed by atoms with E-state index in [0.29, 0.717) is 38.7 Å². The van der Waals surface area contributed by atoms with E-state index in [1.807, 2.05) is 35.5 Å². The molecule has 1 saturated heterocycles. The quantitative estimate of drug-likeness (QED) is 0.639. The van der Waals surface area contributed by atoms with Gasteiger partial charge in [0, 0.05) is 42.5 Å². The van der Waals surface area contributed by atoms with Gasteiger partial charge in [0.15, 0.2) is 0 Å². The van der Waals surface area contributed by atoms with E-state index in [-0.39, 0.29) is 17.9 Å². The summed E-state index contributed by atoms with van der Waals surface area (Å²) in [6.45, 7) is 2.89. The van der Waals surface area contributed by atoms with Gasteiger partial charge in [-0.1, -0.05) is 18.2 Å². The molecule has 1 aromatic carbocycles. The molecular weight excluding hydrogens is 394 g/mol. The van der Waals surface area contributed by atoms with Gasteiger partial charge in [-0.05, 0) is 29.7 Å². The number of carbonyl (C=O) groups excluding carboxylic acids is 1. The molecule has 5 rings (SSSR count). The van der Waals surface area contributed by atoms with Gasteiger partial charge in [0.25, 0.3) is 5.56 Å². The summed E-state index contributed by atoms with van der Waals surface area (Å²) in [4.78, 5) is 36.2. The summed E-state index contributed by atoms with van der Waals surface area (Å²) >= 11 is 0. The third-order valence-electron chi connectivity index (χ3n) is 5.77. The smallest absolute Gasteiger partial charge is 0.272 e. The molecule has 8 heteroatoms. The Morgan fingerprint density at radius 3 is 2.71 bits per heavy atom. The van der Waals surface area contributed by atoms with E-state index in [1.165, 1.54) is 16.9 Å². The van der Waals surface area contributed by atoms with Gasteiger partial charge < -0.3 is 14.6 Å². The van der Waals surface area contributed by atoms with Crippen molar-refractivity contribution in [1.82, 2.24) is 14.6 Å². The molecular formula is C23H23N5O3. The van der Waals surface area contributed by atoms with Crippen LogP contribution in [0.2, 0.25) is 0 Å². The van der Waals surface area contributed by atoms with Gasteiger partial charge in [-0.25, -0.2) is 9.66 Å². The predicted molar refractivity (Wildman–Crippen MR) is 117 cm³/mol. The summed E-state index contributed by atoms with van der Waals surface area (Å²) in [6.07, 6.45) is 5.91. The maximum absolute atomic E-state index is 13.3. The van der Waals surface area contributed by atoms with E-state index in [2.05, 4.69) is 16.0 Å². The van der Waals surface area contributed by atoms with Gasteiger partial charge in [0.05, 0.1) is 32.7 Å². The molecule has 2 aliphatic heterocycles. The summed E-state index contributed by atoms with van der Waals surface area (Å²) in [5, 5.41) is 1.90. The predicted octanol–water partition coefficient (Wildman–Crippen LogP) is 1.41. The first-order valence-electron chi connectivity index (χ1n) is 10.4. The van der Waals surface area contributed by atoms with Gasteiger partial charge in [0.2, 0.25) is 5.91 Å². The van der Waals surface area contributed by atoms with Crippen molar-refractivity contribution in [3.8, 4) is 11.1 Å². The second-order valence-corrected chi connectivity index (χ2v) is 7.59. The number of nitrogens with zero attached hydrogens (tertiary/aromatic N) is 5. The molecule has 0 aliphatic carbocycles. The highest BCUT2D eigenvalue weighted by molar-refractivity contribution is 5.97. The van der Waals surface area contributed by atoms with Gasteiger partial charge in [-0.3, -0.25) is 14.6 Å². The van der Waals surface area contributed by atoms with Crippen LogP contribution in [0.4, 0.5) is 5.69 Å². The molecule has 8 nitrogen and oxygen atoms in total. The normalized spacial score (nSPS) is 15.7. The molecule has 0 saturated carbocycles. The Kier molecular flexibility index (Phi) is 5.21. The molecule has 0 unspecified atom stereocenters. The van der Waals surface area contributed by atoms with Crippen LogP contribution < -0.4 is 15.5 Å². The topological polar surface area (TPSA) is 80.6 Å². The van der Waals surface area contributed by atoms with Gasteiger partial charge >= 0.3 is 0 Å². The van der Waals surface area contributed by atoms with Crippen molar-refractivity contribution >= 4 is 11.6 Å². The number of hydrogen-bond donors (Lipinski definition) is 0. The minimum absolute atomic E-state index is 0.0595. The average molecular weight is 417 g/mol. The third kappa shape index (κ3) is 3.70. The van der Waals surface area contributed by atoms with Crippen LogP contribution in [0.3, 0.4) is 0 Å². The lowest BCUT2D eigenvalue weighted by atomic mass is 9.99. The van der Waals surface area contributed by atoms with E-state index < -0.39 is 0 Å². The number of morpholine rings is 1. The lowest BCUT2D eigenvalue weighted by molar-refractivity contribution is -0.118. The Labute approximate surface area is 179 Å². The minimum atomic E-state index is -0.180. The number of anilines is 1. The zero-order valence-electron chi connectivity index (χ0n) is 17.1. The molecule has 0 radical (unpaired) electrons. The molecule has 4 heterocycles. The Morgan fingerprint density at radius 2 is 1.90 bits per heavy atom. The van der Waals surface area contributed by atoms with E-state index >= 15 is 0 Å². The third-order valence-corrected chi connectivity index (χ3v) is 5.77. The number of benzene rings is 1. The lowest BCUT2D eigenvalue weighted by Gasteiger charge is -2.31. The molecule has 3 aromatic rings. The highest BCUT2D eigenvalue weighted by Gasteiger charge is 2.28. The Morgan fingerprint density at radius 1 is 1.03 bits per heavy atom. The molecule has 2 aromatic heterocycles. The van der Waals surface area contributed by atoms with Crippen molar-refractivity contribution in [1.29, 1.82) is 0 Å². The van der Waals surface area contributed by atoms with E-state index in [9.17, 15) is 9.59 Å². The molecule has 0 atom stereocenters. The van der Waals surface area contributed by atoms with Crippen LogP contribution in [0.1, 0.15) is 11.4 Å². The van der Waals surface area contributed by atoms with Crippen LogP contribution in [-0.4, -0.2) is 53.4 Å². The van der Waals surface area contributed by atoms with Crippen molar-refractivity contribution in [3.05, 3.63) is 76.7 Å². The van der Waals surface area contributed by atoms with E-state index in [0.717, 1.165) is 28.8 Å². The van der Waals surface area contributed by atoms with E-state index in [1.54, 1.807) is 11.1 Å². The van der Waals surface area contributed by atoms with Gasteiger partial charge in [-0.15, -0.1) is 0 Å². The molecule has 31 heavy (non-hydrogen) atoms. The number of ether oxygens (including phenoxy) is 1. The first-order valence-corrected chi connectivity index (χ1v) is 10.4. The molecule has 1 amide bonds. The fourth-order valence-electron chi connectivity index (χ4n) is 4.33. The van der Waals surface area contributed by atoms with Crippen molar-refractivity contribution in [3.63, 3.8) is 0 Å². The number of fused-ring (bicyclic) bond motifs is 1. The largest absolute Gasteiger partial charge is 0.378 e. The number of carbonyl (C=O) groups is 1. The average Bonchev–Trinajstić information content (AvgIpc) is 3.25. The summed E-state index contributed by atoms with van der Waals surface area (Å²) in [7, 11) is 0. The summed E-state index contributed by atoms with van der Waals surface area (Å²) in [5.41, 5.74) is 4.03. The van der Waals surface area contributed by atoms with Crippen LogP contribution >= 0.6 is 0 Å². The van der Waals surface area contributed by atoms with Crippen LogP contribution in [-0.2, 0) is 22.4 Å². The summed E-state index contributed by atoms with van der Waals surface area (Å²) < 4.78 is 6.92. The molecule has 2 aliphatic rings. The van der Waals surface area contributed by atoms with Gasteiger partial charge in [-0.2, -0.15) is 0 Å². The lowest BCUT2D eigenvalue weighted by Crippen LogP contribution is -2.50. The van der Waals surface area contributed by atoms with Crippen molar-refractivity contribution < 1.29 is 9.53 Å². The molecule has 0 bridgehead atoms. The van der Waals surface area contributed by atoms with Crippen molar-refractivity contribution in [2.24, 2.45) is 0 Å². The highest BCUT2D eigenvalue weighted by Crippen LogP contribution is 2.36. The number of amides is 1. The molecule has 0 spiro atoms. The first-order chi connectivity index (χ1) is 15.2. The van der Waals surface area contributed by atoms with E-state index in [4.69, 9.17) is 4.74 Å². The zero-order chi connectivity index (χ0) is 21.2. The van der Waals surface area contributed by atoms with Crippen LogP contribution in [0.25, 0.3) is 11.1 Å². The maximum atomic E-state index is 13.3. The van der Waals surface area contributed by atoms with Crippen LogP contribution in [0.5, 0.6) is 0 Å². The van der Waals surface area contributed by atoms with Gasteiger partial charge in [0.1, 0.15) is 5.82 Å². The fraction of sp³-hybridized carbons (Fsp3) is 0.304. The molecule has 158 valence electrons. The summed E-state index contributed by atoms with van der Waals surface area (Å²) in [5.74, 6) is 0.387. The number of hydrogen-bond acceptors (Lipinski definition) is 6. The Hall–Kier alpha value is -3.52. The fourth-order valence-corrected chi connectivity index (χ4v) is 4.33. The first kappa shape index (κ1) is 19.4. The monoisotopic (exact) mass is 417 g/mol. The van der Waals surface area contributed by atoms with Crippen LogP contribution in [0, 0.1) is 0 Å². The molecule has 1 fully saturated rings. The number of aromatic nitrogens is 3. The summed E-state index contributed by atoms with van der Waals surface area (Å²) in [6, 6.07) is 11.4. The number of pyridine rings is 1. The Bertz CT molecular complexity index is 1160. The highest BCUT2D eigenvalue weighted by atomic mass is 16.5. The molecule has 0 N–H and O–H groups in total. The second-order valence-electron chi connectivity index (χ2n) is 7.59. The zero-order valence-corrected chi connectivity index (χ0v) is 17.1. The second kappa shape index (κ2) is 8.31. The van der Waals surface area contributed by atoms with Crippen molar-refractivity contribution in [2.45, 2.75) is 12.8 Å². The standard InChI is InChI=1S/C23H23N5O3/c29-22-6-9-25-21(28(22)26-11-13-31-14-12-26)15-23(30)27-10-7-19-18(4-1-5-20(19)27)17-3-2-8-24-16-17/h1-6,8-9,16H,7,10-15H2. The minimum Gasteiger partial charge on any atom is -0.378 e. The number of rotatable bonds is 4. The Balaban J connectivity index is 1.43. The SMILES string of the molecule is O=C(Cc1nccc(=O)n1N1CCOCC1)N1CCc2c(-c3cccnc3)cccc21. The van der Waals surface area contributed by atoms with Crippen molar-refractivity contribution in [2.75, 3.05) is 42.8 Å². The maximum Gasteiger partial charge on any atom is 0.272 e.